The Bertz CT molecular complexity index is 532. The van der Waals surface area contributed by atoms with E-state index in [9.17, 15) is 4.79 Å². The van der Waals surface area contributed by atoms with Gasteiger partial charge < -0.3 is 0 Å². The van der Waals surface area contributed by atoms with Gasteiger partial charge in [0.2, 0.25) is 0 Å². The summed E-state index contributed by atoms with van der Waals surface area (Å²) in [6, 6.07) is 14.5. The highest BCUT2D eigenvalue weighted by atomic mass is 32.1. The first-order valence-corrected chi connectivity index (χ1v) is 6.96. The zero-order valence-corrected chi connectivity index (χ0v) is 11.9. The lowest BCUT2D eigenvalue weighted by Crippen LogP contribution is -2.21. The van der Waals surface area contributed by atoms with E-state index in [-0.39, 0.29) is 5.41 Å². The van der Waals surface area contributed by atoms with Crippen LogP contribution in [-0.2, 0) is 11.2 Å². The van der Waals surface area contributed by atoms with E-state index in [1.54, 1.807) is 11.3 Å². The van der Waals surface area contributed by atoms with E-state index in [0.717, 1.165) is 4.88 Å². The zero-order valence-electron chi connectivity index (χ0n) is 11.1. The lowest BCUT2D eigenvalue weighted by molar-refractivity contribution is -0.125. The maximum atomic E-state index is 12.0. The van der Waals surface area contributed by atoms with Crippen LogP contribution in [0, 0.1) is 5.41 Å². The summed E-state index contributed by atoms with van der Waals surface area (Å²) in [6.07, 6.45) is 0.543. The third kappa shape index (κ3) is 3.08. The molecule has 0 aliphatic rings. The van der Waals surface area contributed by atoms with E-state index in [4.69, 9.17) is 0 Å². The Morgan fingerprint density at radius 3 is 2.33 bits per heavy atom. The van der Waals surface area contributed by atoms with Crippen LogP contribution in [-0.4, -0.2) is 5.78 Å². The lowest BCUT2D eigenvalue weighted by atomic mass is 9.89. The molecular formula is C16H18OS. The van der Waals surface area contributed by atoms with E-state index in [0.29, 0.717) is 12.2 Å². The Kier molecular flexibility index (Phi) is 3.67. The summed E-state index contributed by atoms with van der Waals surface area (Å²) in [5, 5.41) is 0. The van der Waals surface area contributed by atoms with Crippen LogP contribution in [0.5, 0.6) is 0 Å². The molecule has 1 nitrogen and oxygen atoms in total. The maximum Gasteiger partial charge on any atom is 0.143 e. The minimum Gasteiger partial charge on any atom is -0.299 e. The first-order valence-electron chi connectivity index (χ1n) is 6.14. The molecule has 0 aliphatic carbocycles. The molecule has 0 N–H and O–H groups in total. The number of rotatable bonds is 3. The monoisotopic (exact) mass is 258 g/mol. The van der Waals surface area contributed by atoms with Gasteiger partial charge in [-0.2, -0.15) is 0 Å². The molecule has 0 amide bonds. The minimum absolute atomic E-state index is 0.253. The number of hydrogen-bond acceptors (Lipinski definition) is 2. The van der Waals surface area contributed by atoms with Crippen molar-refractivity contribution in [2.75, 3.05) is 0 Å². The fraction of sp³-hybridized carbons (Fsp3) is 0.312. The molecule has 1 aromatic carbocycles. The summed E-state index contributed by atoms with van der Waals surface area (Å²) in [6.45, 7) is 5.92. The second kappa shape index (κ2) is 5.07. The maximum absolute atomic E-state index is 12.0. The van der Waals surface area contributed by atoms with Gasteiger partial charge in [0.05, 0.1) is 0 Å². The molecule has 18 heavy (non-hydrogen) atoms. The van der Waals surface area contributed by atoms with Crippen molar-refractivity contribution in [1.29, 1.82) is 0 Å². The van der Waals surface area contributed by atoms with Crippen LogP contribution in [0.1, 0.15) is 25.6 Å². The van der Waals surface area contributed by atoms with Crippen LogP contribution < -0.4 is 0 Å². The van der Waals surface area contributed by atoms with Crippen molar-refractivity contribution in [3.63, 3.8) is 0 Å². The van der Waals surface area contributed by atoms with Gasteiger partial charge in [-0.1, -0.05) is 51.1 Å². The molecule has 0 fully saturated rings. The number of carbonyl (C=O) groups is 1. The van der Waals surface area contributed by atoms with E-state index < -0.39 is 0 Å². The van der Waals surface area contributed by atoms with Gasteiger partial charge in [0.25, 0.3) is 0 Å². The quantitative estimate of drug-likeness (QED) is 0.788. The van der Waals surface area contributed by atoms with Crippen molar-refractivity contribution >= 4 is 17.1 Å². The smallest absolute Gasteiger partial charge is 0.143 e. The van der Waals surface area contributed by atoms with E-state index in [1.165, 1.54) is 10.4 Å². The fourth-order valence-corrected chi connectivity index (χ4v) is 2.67. The topological polar surface area (TPSA) is 17.1 Å². The first kappa shape index (κ1) is 13.0. The van der Waals surface area contributed by atoms with Gasteiger partial charge in [0, 0.05) is 21.6 Å². The third-order valence-electron chi connectivity index (χ3n) is 2.89. The Balaban J connectivity index is 2.15. The van der Waals surface area contributed by atoms with Gasteiger partial charge in [-0.3, -0.25) is 4.79 Å². The second-order valence-electron chi connectivity index (χ2n) is 5.48. The van der Waals surface area contributed by atoms with Crippen LogP contribution in [0.25, 0.3) is 10.4 Å². The van der Waals surface area contributed by atoms with Gasteiger partial charge in [0.1, 0.15) is 5.78 Å². The molecule has 2 heteroatoms. The molecule has 1 heterocycles. The summed E-state index contributed by atoms with van der Waals surface area (Å²) in [7, 11) is 0. The van der Waals surface area contributed by atoms with Gasteiger partial charge in [-0.15, -0.1) is 11.3 Å². The normalized spacial score (nSPS) is 11.5. The Hall–Kier alpha value is -1.41. The second-order valence-corrected chi connectivity index (χ2v) is 6.65. The standard InChI is InChI=1S/C16H18OS/c1-16(2,3)15(17)11-13-9-10-14(18-13)12-7-5-4-6-8-12/h4-10H,11H2,1-3H3. The number of benzene rings is 1. The number of Topliss-reactive ketones (excluding diaryl/α,β-unsaturated/α-hetero) is 1. The Morgan fingerprint density at radius 2 is 1.72 bits per heavy atom. The molecule has 0 saturated heterocycles. The summed E-state index contributed by atoms with van der Waals surface area (Å²) >= 11 is 1.71. The third-order valence-corrected chi connectivity index (χ3v) is 4.03. The molecule has 0 aliphatic heterocycles. The van der Waals surface area contributed by atoms with Gasteiger partial charge in [-0.25, -0.2) is 0 Å². The Labute approximate surface area is 112 Å². The zero-order chi connectivity index (χ0) is 13.2. The highest BCUT2D eigenvalue weighted by molar-refractivity contribution is 7.15. The molecule has 2 rings (SSSR count). The SMILES string of the molecule is CC(C)(C)C(=O)Cc1ccc(-c2ccccc2)s1. The van der Waals surface area contributed by atoms with Crippen molar-refractivity contribution in [3.8, 4) is 10.4 Å². The summed E-state index contributed by atoms with van der Waals surface area (Å²) in [4.78, 5) is 14.4. The number of hydrogen-bond donors (Lipinski definition) is 0. The van der Waals surface area contributed by atoms with Crippen LogP contribution >= 0.6 is 11.3 Å². The van der Waals surface area contributed by atoms with Crippen LogP contribution in [0.3, 0.4) is 0 Å². The first-order chi connectivity index (χ1) is 8.47. The molecule has 0 saturated carbocycles. The highest BCUT2D eigenvalue weighted by Crippen LogP contribution is 2.29. The van der Waals surface area contributed by atoms with Gasteiger partial charge in [0.15, 0.2) is 0 Å². The van der Waals surface area contributed by atoms with Crippen molar-refractivity contribution in [3.05, 3.63) is 47.3 Å². The fourth-order valence-electron chi connectivity index (χ4n) is 1.65. The van der Waals surface area contributed by atoms with Crippen molar-refractivity contribution in [1.82, 2.24) is 0 Å². The molecule has 94 valence electrons. The molecular weight excluding hydrogens is 240 g/mol. The lowest BCUT2D eigenvalue weighted by Gasteiger charge is -2.15. The van der Waals surface area contributed by atoms with Crippen molar-refractivity contribution in [2.45, 2.75) is 27.2 Å². The van der Waals surface area contributed by atoms with E-state index in [2.05, 4.69) is 24.3 Å². The molecule has 0 spiro atoms. The van der Waals surface area contributed by atoms with Gasteiger partial charge in [-0.05, 0) is 17.7 Å². The number of thiophene rings is 1. The Morgan fingerprint density at radius 1 is 1.06 bits per heavy atom. The average Bonchev–Trinajstić information content (AvgIpc) is 2.77. The predicted octanol–water partition coefficient (Wildman–Crippen LogP) is 4.57. The van der Waals surface area contributed by atoms with Crippen LogP contribution in [0.15, 0.2) is 42.5 Å². The summed E-state index contributed by atoms with van der Waals surface area (Å²) in [5.74, 6) is 0.295. The van der Waals surface area contributed by atoms with Crippen molar-refractivity contribution in [2.24, 2.45) is 5.41 Å². The van der Waals surface area contributed by atoms with E-state index in [1.807, 2.05) is 39.0 Å². The average molecular weight is 258 g/mol. The molecule has 2 aromatic rings. The molecule has 0 unspecified atom stereocenters. The van der Waals surface area contributed by atoms with Crippen molar-refractivity contribution < 1.29 is 4.79 Å². The molecule has 0 radical (unpaired) electrons. The van der Waals surface area contributed by atoms with Crippen LogP contribution in [0.2, 0.25) is 0 Å². The van der Waals surface area contributed by atoms with E-state index >= 15 is 0 Å². The minimum atomic E-state index is -0.253. The largest absolute Gasteiger partial charge is 0.299 e. The van der Waals surface area contributed by atoms with Crippen LogP contribution in [0.4, 0.5) is 0 Å². The summed E-state index contributed by atoms with van der Waals surface area (Å²) in [5.41, 5.74) is 0.966. The van der Waals surface area contributed by atoms with Gasteiger partial charge >= 0.3 is 0 Å². The molecule has 0 atom stereocenters. The summed E-state index contributed by atoms with van der Waals surface area (Å²) < 4.78 is 0. The number of ketones is 1. The number of carbonyl (C=O) groups excluding carboxylic acids is 1. The molecule has 0 bridgehead atoms. The predicted molar refractivity (Wildman–Crippen MR) is 77.9 cm³/mol. The molecule has 1 aromatic heterocycles. The highest BCUT2D eigenvalue weighted by Gasteiger charge is 2.21.